The number of hydrogen-bond acceptors (Lipinski definition) is 3. The lowest BCUT2D eigenvalue weighted by Crippen LogP contribution is -2.53. The zero-order valence-corrected chi connectivity index (χ0v) is 25.7. The van der Waals surface area contributed by atoms with Crippen LogP contribution in [0.5, 0.6) is 5.75 Å². The van der Waals surface area contributed by atoms with E-state index in [0.29, 0.717) is 17.2 Å². The monoisotopic (exact) mass is 612 g/mol. The SMILES string of the molecule is CC[C@@H](C)NC(=O)[C@@H](Cc1ccccc1)N(Cc1ccccc1Cl)C(=O)COc1ccc(C(C)(C)C)cc1Br. The predicted molar refractivity (Wildman–Crippen MR) is 162 cm³/mol. The van der Waals surface area contributed by atoms with Gasteiger partial charge in [-0.2, -0.15) is 0 Å². The minimum atomic E-state index is -0.750. The van der Waals surface area contributed by atoms with Crippen LogP contribution in [0.25, 0.3) is 0 Å². The molecule has 0 aromatic heterocycles. The number of carbonyl (C=O) groups excluding carboxylic acids is 2. The van der Waals surface area contributed by atoms with Crippen molar-refractivity contribution in [2.75, 3.05) is 6.61 Å². The van der Waals surface area contributed by atoms with Crippen molar-refractivity contribution in [2.24, 2.45) is 0 Å². The average molecular weight is 614 g/mol. The van der Waals surface area contributed by atoms with Crippen LogP contribution < -0.4 is 10.1 Å². The zero-order chi connectivity index (χ0) is 28.6. The molecule has 5 nitrogen and oxygen atoms in total. The van der Waals surface area contributed by atoms with Crippen LogP contribution in [0.3, 0.4) is 0 Å². The molecule has 0 heterocycles. The number of hydrogen-bond donors (Lipinski definition) is 1. The quantitative estimate of drug-likeness (QED) is 0.246. The first kappa shape index (κ1) is 30.7. The molecule has 0 unspecified atom stereocenters. The van der Waals surface area contributed by atoms with Gasteiger partial charge in [0.25, 0.3) is 5.91 Å². The number of carbonyl (C=O) groups is 2. The van der Waals surface area contributed by atoms with Crippen molar-refractivity contribution in [1.29, 1.82) is 0 Å². The summed E-state index contributed by atoms with van der Waals surface area (Å²) in [5.74, 6) is 0.0592. The summed E-state index contributed by atoms with van der Waals surface area (Å²) in [6.07, 6.45) is 1.15. The summed E-state index contributed by atoms with van der Waals surface area (Å²) in [6, 6.07) is 22.2. The van der Waals surface area contributed by atoms with Crippen molar-refractivity contribution in [3.63, 3.8) is 0 Å². The minimum absolute atomic E-state index is 0.0176. The van der Waals surface area contributed by atoms with Gasteiger partial charge in [-0.1, -0.05) is 93.9 Å². The van der Waals surface area contributed by atoms with Crippen molar-refractivity contribution >= 4 is 39.3 Å². The first-order chi connectivity index (χ1) is 18.5. The number of benzene rings is 3. The lowest BCUT2D eigenvalue weighted by atomic mass is 9.87. The molecule has 0 radical (unpaired) electrons. The maximum atomic E-state index is 13.8. The van der Waals surface area contributed by atoms with Crippen LogP contribution in [-0.2, 0) is 28.0 Å². The van der Waals surface area contributed by atoms with Crippen LogP contribution >= 0.6 is 27.5 Å². The van der Waals surface area contributed by atoms with E-state index in [-0.39, 0.29) is 36.4 Å². The van der Waals surface area contributed by atoms with Crippen molar-refractivity contribution in [1.82, 2.24) is 10.2 Å². The Morgan fingerprint density at radius 2 is 1.69 bits per heavy atom. The third kappa shape index (κ3) is 8.84. The Hall–Kier alpha value is -2.83. The Balaban J connectivity index is 1.93. The number of amides is 2. The summed E-state index contributed by atoms with van der Waals surface area (Å²) in [5, 5.41) is 3.61. The van der Waals surface area contributed by atoms with Gasteiger partial charge < -0.3 is 15.0 Å². The molecular formula is C32H38BrClN2O3. The van der Waals surface area contributed by atoms with Crippen LogP contribution in [0.2, 0.25) is 5.02 Å². The molecule has 0 fully saturated rings. The Bertz CT molecular complexity index is 1260. The highest BCUT2D eigenvalue weighted by Crippen LogP contribution is 2.31. The van der Waals surface area contributed by atoms with Crippen LogP contribution in [-0.4, -0.2) is 35.4 Å². The van der Waals surface area contributed by atoms with Crippen LogP contribution in [0.4, 0.5) is 0 Å². The number of ether oxygens (including phenoxy) is 1. The lowest BCUT2D eigenvalue weighted by Gasteiger charge is -2.32. The van der Waals surface area contributed by atoms with Gasteiger partial charge in [0.15, 0.2) is 6.61 Å². The first-order valence-electron chi connectivity index (χ1n) is 13.3. The van der Waals surface area contributed by atoms with Gasteiger partial charge >= 0.3 is 0 Å². The summed E-state index contributed by atoms with van der Waals surface area (Å²) in [4.78, 5) is 29.0. The van der Waals surface area contributed by atoms with Crippen molar-refractivity contribution < 1.29 is 14.3 Å². The molecule has 0 aliphatic rings. The first-order valence-corrected chi connectivity index (χ1v) is 14.5. The third-order valence-corrected chi connectivity index (χ3v) is 7.71. The van der Waals surface area contributed by atoms with E-state index in [9.17, 15) is 9.59 Å². The summed E-state index contributed by atoms with van der Waals surface area (Å²) < 4.78 is 6.77. The maximum absolute atomic E-state index is 13.8. The topological polar surface area (TPSA) is 58.6 Å². The molecule has 0 aliphatic carbocycles. The van der Waals surface area contributed by atoms with E-state index in [1.54, 1.807) is 11.0 Å². The molecule has 1 N–H and O–H groups in total. The van der Waals surface area contributed by atoms with Gasteiger partial charge in [0.05, 0.1) is 4.47 Å². The highest BCUT2D eigenvalue weighted by atomic mass is 79.9. The fourth-order valence-electron chi connectivity index (χ4n) is 4.11. The summed E-state index contributed by atoms with van der Waals surface area (Å²) in [5.41, 5.74) is 2.85. The van der Waals surface area contributed by atoms with Gasteiger partial charge in [-0.15, -0.1) is 0 Å². The van der Waals surface area contributed by atoms with E-state index in [2.05, 4.69) is 42.0 Å². The molecule has 208 valence electrons. The van der Waals surface area contributed by atoms with Gasteiger partial charge in [0.1, 0.15) is 11.8 Å². The van der Waals surface area contributed by atoms with Crippen LogP contribution in [0, 0.1) is 0 Å². The Labute approximate surface area is 246 Å². The molecule has 0 saturated heterocycles. The van der Waals surface area contributed by atoms with Crippen molar-refractivity contribution in [3.05, 3.63) is 99.0 Å². The molecule has 2 atom stereocenters. The molecule has 0 spiro atoms. The minimum Gasteiger partial charge on any atom is -0.483 e. The van der Waals surface area contributed by atoms with Crippen LogP contribution in [0.15, 0.2) is 77.3 Å². The normalized spacial score (nSPS) is 12.9. The molecule has 3 aromatic carbocycles. The second-order valence-corrected chi connectivity index (χ2v) is 12.1. The fraction of sp³-hybridized carbons (Fsp3) is 0.375. The van der Waals surface area contributed by atoms with Crippen LogP contribution in [0.1, 0.15) is 57.7 Å². The molecule has 0 bridgehead atoms. The largest absolute Gasteiger partial charge is 0.483 e. The second kappa shape index (κ2) is 14.0. The maximum Gasteiger partial charge on any atom is 0.261 e. The van der Waals surface area contributed by atoms with E-state index < -0.39 is 6.04 Å². The summed E-state index contributed by atoms with van der Waals surface area (Å²) in [6.45, 7) is 10.4. The molecule has 3 aromatic rings. The molecule has 0 saturated carbocycles. The molecule has 39 heavy (non-hydrogen) atoms. The highest BCUT2D eigenvalue weighted by molar-refractivity contribution is 9.10. The highest BCUT2D eigenvalue weighted by Gasteiger charge is 2.31. The average Bonchev–Trinajstić information content (AvgIpc) is 2.90. The van der Waals surface area contributed by atoms with E-state index in [1.165, 1.54) is 0 Å². The summed E-state index contributed by atoms with van der Waals surface area (Å²) >= 11 is 10.1. The smallest absolute Gasteiger partial charge is 0.261 e. The Morgan fingerprint density at radius 3 is 2.31 bits per heavy atom. The van der Waals surface area contributed by atoms with E-state index in [1.807, 2.05) is 80.6 Å². The number of nitrogens with zero attached hydrogens (tertiary/aromatic N) is 1. The van der Waals surface area contributed by atoms with Gasteiger partial charge in [-0.3, -0.25) is 9.59 Å². The standard InChI is InChI=1S/C32H38BrClN2O3/c1-6-22(2)35-31(38)28(18-23-12-8-7-9-13-23)36(20-24-14-10-11-15-27(24)34)30(37)21-39-29-17-16-25(19-26(29)33)32(3,4)5/h7-17,19,22,28H,6,18,20-21H2,1-5H3,(H,35,38)/t22-,28-/m1/s1. The fourth-order valence-corrected chi connectivity index (χ4v) is 4.80. The number of halogens is 2. The second-order valence-electron chi connectivity index (χ2n) is 10.8. The Morgan fingerprint density at radius 1 is 1.03 bits per heavy atom. The summed E-state index contributed by atoms with van der Waals surface area (Å²) in [7, 11) is 0. The van der Waals surface area contributed by atoms with Gasteiger partial charge in [0.2, 0.25) is 5.91 Å². The van der Waals surface area contributed by atoms with Gasteiger partial charge in [-0.05, 0) is 69.6 Å². The van der Waals surface area contributed by atoms with Gasteiger partial charge in [-0.25, -0.2) is 0 Å². The molecule has 2 amide bonds. The third-order valence-electron chi connectivity index (χ3n) is 6.72. The van der Waals surface area contributed by atoms with Crippen molar-refractivity contribution in [3.8, 4) is 5.75 Å². The molecule has 0 aliphatic heterocycles. The van der Waals surface area contributed by atoms with E-state index in [4.69, 9.17) is 16.3 Å². The van der Waals surface area contributed by atoms with E-state index >= 15 is 0 Å². The number of nitrogens with one attached hydrogen (secondary N) is 1. The molecule has 7 heteroatoms. The Kier molecular flexibility index (Phi) is 11.0. The lowest BCUT2D eigenvalue weighted by molar-refractivity contribution is -0.143. The van der Waals surface area contributed by atoms with Crippen molar-refractivity contribution in [2.45, 2.75) is 71.5 Å². The zero-order valence-electron chi connectivity index (χ0n) is 23.3. The predicted octanol–water partition coefficient (Wildman–Crippen LogP) is 7.33. The van der Waals surface area contributed by atoms with E-state index in [0.717, 1.165) is 27.6 Å². The number of rotatable bonds is 11. The van der Waals surface area contributed by atoms with Gasteiger partial charge in [0, 0.05) is 24.0 Å². The molecular weight excluding hydrogens is 576 g/mol. The molecule has 3 rings (SSSR count).